The van der Waals surface area contributed by atoms with Crippen molar-refractivity contribution in [2.45, 2.75) is 46.6 Å². The van der Waals surface area contributed by atoms with Gasteiger partial charge in [0.15, 0.2) is 0 Å². The molecule has 0 bridgehead atoms. The molecule has 0 saturated carbocycles. The predicted molar refractivity (Wildman–Crippen MR) is 71.8 cm³/mol. The summed E-state index contributed by atoms with van der Waals surface area (Å²) >= 11 is 0. The maximum atomic E-state index is 5.87. The molecular formula is C13H23N3O2. The molecular weight excluding hydrogens is 230 g/mol. The predicted octanol–water partition coefficient (Wildman–Crippen LogP) is 2.12. The van der Waals surface area contributed by atoms with Gasteiger partial charge in [0.1, 0.15) is 17.7 Å². The zero-order chi connectivity index (χ0) is 13.5. The van der Waals surface area contributed by atoms with Crippen molar-refractivity contribution >= 4 is 5.82 Å². The Morgan fingerprint density at radius 1 is 1.28 bits per heavy atom. The first-order chi connectivity index (χ1) is 8.58. The lowest BCUT2D eigenvalue weighted by atomic mass is 10.3. The topological polar surface area (TPSA) is 70.3 Å². The van der Waals surface area contributed by atoms with E-state index < -0.39 is 0 Å². The van der Waals surface area contributed by atoms with E-state index in [4.69, 9.17) is 15.2 Å². The molecule has 2 N–H and O–H groups in total. The van der Waals surface area contributed by atoms with Gasteiger partial charge in [-0.25, -0.2) is 4.98 Å². The molecule has 0 aliphatic rings. The first kappa shape index (κ1) is 14.7. The summed E-state index contributed by atoms with van der Waals surface area (Å²) in [6.45, 7) is 9.08. The van der Waals surface area contributed by atoms with Gasteiger partial charge in [-0.1, -0.05) is 6.92 Å². The number of nitrogen functional groups attached to an aromatic ring is 1. The van der Waals surface area contributed by atoms with Crippen LogP contribution in [-0.2, 0) is 11.2 Å². The number of ether oxygens (including phenoxy) is 2. The average Bonchev–Trinajstić information content (AvgIpc) is 2.33. The summed E-state index contributed by atoms with van der Waals surface area (Å²) in [5.41, 5.74) is 6.66. The van der Waals surface area contributed by atoms with Crippen molar-refractivity contribution in [1.82, 2.24) is 9.97 Å². The summed E-state index contributed by atoms with van der Waals surface area (Å²) in [4.78, 5) is 8.65. The Bertz CT molecular complexity index is 383. The number of nitrogens with zero attached hydrogens (tertiary/aromatic N) is 2. The van der Waals surface area contributed by atoms with Crippen LogP contribution in [0.1, 0.15) is 38.6 Å². The van der Waals surface area contributed by atoms with E-state index in [1.807, 2.05) is 20.8 Å². The standard InChI is InChI=1S/C13H23N3O2/c1-5-7-11-15-12(14)10(4)13(16-11)18-9(3)8-17-6-2/h9H,5-8H2,1-4H3,(H2,14,15,16). The highest BCUT2D eigenvalue weighted by molar-refractivity contribution is 5.44. The minimum atomic E-state index is -0.0487. The van der Waals surface area contributed by atoms with Crippen LogP contribution < -0.4 is 10.5 Å². The van der Waals surface area contributed by atoms with Crippen molar-refractivity contribution in [3.63, 3.8) is 0 Å². The van der Waals surface area contributed by atoms with E-state index in [1.165, 1.54) is 0 Å². The first-order valence-corrected chi connectivity index (χ1v) is 6.45. The van der Waals surface area contributed by atoms with Crippen LogP contribution in [0.2, 0.25) is 0 Å². The summed E-state index contributed by atoms with van der Waals surface area (Å²) in [6.07, 6.45) is 1.74. The normalized spacial score (nSPS) is 12.4. The molecule has 0 fully saturated rings. The van der Waals surface area contributed by atoms with Gasteiger partial charge in [-0.3, -0.25) is 0 Å². The summed E-state index contributed by atoms with van der Waals surface area (Å²) in [5.74, 6) is 1.80. The smallest absolute Gasteiger partial charge is 0.222 e. The molecule has 0 amide bonds. The minimum Gasteiger partial charge on any atom is -0.472 e. The van der Waals surface area contributed by atoms with E-state index in [9.17, 15) is 0 Å². The van der Waals surface area contributed by atoms with Crippen molar-refractivity contribution in [2.75, 3.05) is 18.9 Å². The van der Waals surface area contributed by atoms with Gasteiger partial charge in [0.05, 0.1) is 12.2 Å². The van der Waals surface area contributed by atoms with Gasteiger partial charge in [0.25, 0.3) is 0 Å². The second-order valence-electron chi connectivity index (χ2n) is 4.29. The quantitative estimate of drug-likeness (QED) is 0.806. The monoisotopic (exact) mass is 253 g/mol. The van der Waals surface area contributed by atoms with E-state index in [2.05, 4.69) is 16.9 Å². The summed E-state index contributed by atoms with van der Waals surface area (Å²) in [5, 5.41) is 0. The van der Waals surface area contributed by atoms with Crippen LogP contribution in [0, 0.1) is 6.92 Å². The largest absolute Gasteiger partial charge is 0.472 e. The van der Waals surface area contributed by atoms with Crippen LogP contribution in [0.3, 0.4) is 0 Å². The van der Waals surface area contributed by atoms with Gasteiger partial charge in [-0.2, -0.15) is 4.98 Å². The fourth-order valence-electron chi connectivity index (χ4n) is 1.52. The molecule has 1 rings (SSSR count). The molecule has 1 heterocycles. The highest BCUT2D eigenvalue weighted by Gasteiger charge is 2.12. The molecule has 1 aromatic heterocycles. The molecule has 18 heavy (non-hydrogen) atoms. The second-order valence-corrected chi connectivity index (χ2v) is 4.29. The zero-order valence-electron chi connectivity index (χ0n) is 11.7. The van der Waals surface area contributed by atoms with Gasteiger partial charge in [-0.05, 0) is 27.2 Å². The van der Waals surface area contributed by atoms with E-state index in [0.717, 1.165) is 24.2 Å². The highest BCUT2D eigenvalue weighted by atomic mass is 16.5. The highest BCUT2D eigenvalue weighted by Crippen LogP contribution is 2.21. The molecule has 0 aromatic carbocycles. The fourth-order valence-corrected chi connectivity index (χ4v) is 1.52. The lowest BCUT2D eigenvalue weighted by Gasteiger charge is -2.16. The van der Waals surface area contributed by atoms with Gasteiger partial charge in [-0.15, -0.1) is 0 Å². The van der Waals surface area contributed by atoms with Crippen molar-refractivity contribution in [1.29, 1.82) is 0 Å². The molecule has 102 valence electrons. The van der Waals surface area contributed by atoms with Crippen LogP contribution in [0.15, 0.2) is 0 Å². The second kappa shape index (κ2) is 7.16. The Hall–Kier alpha value is -1.36. The molecule has 5 nitrogen and oxygen atoms in total. The summed E-state index contributed by atoms with van der Waals surface area (Å²) < 4.78 is 11.1. The number of hydrogen-bond donors (Lipinski definition) is 1. The third-order valence-electron chi connectivity index (χ3n) is 2.53. The van der Waals surface area contributed by atoms with Crippen molar-refractivity contribution < 1.29 is 9.47 Å². The van der Waals surface area contributed by atoms with E-state index in [1.54, 1.807) is 0 Å². The van der Waals surface area contributed by atoms with Crippen LogP contribution in [0.25, 0.3) is 0 Å². The maximum Gasteiger partial charge on any atom is 0.222 e. The van der Waals surface area contributed by atoms with Gasteiger partial charge < -0.3 is 15.2 Å². The molecule has 0 radical (unpaired) electrons. The number of aromatic nitrogens is 2. The molecule has 1 aromatic rings. The molecule has 0 aliphatic heterocycles. The Labute approximate surface area is 109 Å². The zero-order valence-corrected chi connectivity index (χ0v) is 11.7. The van der Waals surface area contributed by atoms with Gasteiger partial charge in [0.2, 0.25) is 5.88 Å². The van der Waals surface area contributed by atoms with Crippen LogP contribution in [0.4, 0.5) is 5.82 Å². The Balaban J connectivity index is 2.79. The fraction of sp³-hybridized carbons (Fsp3) is 0.692. The number of aryl methyl sites for hydroxylation is 1. The molecule has 0 saturated heterocycles. The molecule has 1 atom stereocenters. The van der Waals surface area contributed by atoms with E-state index >= 15 is 0 Å². The number of rotatable bonds is 7. The third kappa shape index (κ3) is 4.14. The number of anilines is 1. The van der Waals surface area contributed by atoms with E-state index in [0.29, 0.717) is 24.9 Å². The SMILES string of the molecule is CCCc1nc(N)c(C)c(OC(C)COCC)n1. The van der Waals surface area contributed by atoms with Crippen LogP contribution in [-0.4, -0.2) is 29.3 Å². The van der Waals surface area contributed by atoms with Gasteiger partial charge in [0, 0.05) is 13.0 Å². The Morgan fingerprint density at radius 3 is 2.61 bits per heavy atom. The number of hydrogen-bond acceptors (Lipinski definition) is 5. The maximum absolute atomic E-state index is 5.87. The van der Waals surface area contributed by atoms with Crippen molar-refractivity contribution in [3.8, 4) is 5.88 Å². The third-order valence-corrected chi connectivity index (χ3v) is 2.53. The Morgan fingerprint density at radius 2 is 2.00 bits per heavy atom. The van der Waals surface area contributed by atoms with E-state index in [-0.39, 0.29) is 6.10 Å². The average molecular weight is 253 g/mol. The lowest BCUT2D eigenvalue weighted by molar-refractivity contribution is 0.0628. The first-order valence-electron chi connectivity index (χ1n) is 6.45. The van der Waals surface area contributed by atoms with Gasteiger partial charge >= 0.3 is 0 Å². The van der Waals surface area contributed by atoms with Crippen molar-refractivity contribution in [3.05, 3.63) is 11.4 Å². The molecule has 0 aliphatic carbocycles. The summed E-state index contributed by atoms with van der Waals surface area (Å²) in [6, 6.07) is 0. The Kier molecular flexibility index (Phi) is 5.85. The molecule has 5 heteroatoms. The van der Waals surface area contributed by atoms with Crippen molar-refractivity contribution in [2.24, 2.45) is 0 Å². The van der Waals surface area contributed by atoms with Crippen LogP contribution >= 0.6 is 0 Å². The summed E-state index contributed by atoms with van der Waals surface area (Å²) in [7, 11) is 0. The number of nitrogens with two attached hydrogens (primary N) is 1. The van der Waals surface area contributed by atoms with Crippen LogP contribution in [0.5, 0.6) is 5.88 Å². The molecule has 1 unspecified atom stereocenters. The lowest BCUT2D eigenvalue weighted by Crippen LogP contribution is -2.21. The minimum absolute atomic E-state index is 0.0487. The molecule has 0 spiro atoms.